The van der Waals surface area contributed by atoms with Crippen molar-refractivity contribution in [2.75, 3.05) is 5.32 Å². The lowest BCUT2D eigenvalue weighted by Crippen LogP contribution is -2.40. The summed E-state index contributed by atoms with van der Waals surface area (Å²) in [5, 5.41) is 6.55. The van der Waals surface area contributed by atoms with Crippen LogP contribution in [0.5, 0.6) is 0 Å². The minimum Gasteiger partial charge on any atom is -0.335 e. The molecule has 3 atom stereocenters. The third-order valence-corrected chi connectivity index (χ3v) is 4.37. The molecule has 0 spiro atoms. The first-order valence-corrected chi connectivity index (χ1v) is 6.91. The Balaban J connectivity index is 1.56. The van der Waals surface area contributed by atoms with Crippen LogP contribution in [0.4, 0.5) is 10.5 Å². The number of anilines is 1. The number of hydrogen-bond donors (Lipinski definition) is 2. The molecule has 2 aliphatic carbocycles. The van der Waals surface area contributed by atoms with E-state index in [1.165, 1.54) is 19.3 Å². The molecular formula is C14H17ClN2O. The highest BCUT2D eigenvalue weighted by atomic mass is 35.5. The molecule has 4 heteroatoms. The van der Waals surface area contributed by atoms with Crippen molar-refractivity contribution in [2.45, 2.75) is 31.7 Å². The number of halogens is 1. The Morgan fingerprint density at radius 1 is 1.28 bits per heavy atom. The maximum Gasteiger partial charge on any atom is 0.319 e. The lowest BCUT2D eigenvalue weighted by atomic mass is 9.95. The number of urea groups is 1. The highest BCUT2D eigenvalue weighted by Crippen LogP contribution is 2.44. The Bertz CT molecular complexity index is 463. The molecule has 1 aromatic carbocycles. The molecule has 2 amide bonds. The highest BCUT2D eigenvalue weighted by molar-refractivity contribution is 6.30. The third-order valence-electron chi connectivity index (χ3n) is 4.14. The van der Waals surface area contributed by atoms with E-state index in [1.807, 2.05) is 12.1 Å². The van der Waals surface area contributed by atoms with E-state index in [0.29, 0.717) is 17.0 Å². The molecule has 0 heterocycles. The van der Waals surface area contributed by atoms with Crippen LogP contribution in [0.25, 0.3) is 0 Å². The zero-order valence-electron chi connectivity index (χ0n) is 10.2. The van der Waals surface area contributed by atoms with Crippen LogP contribution in [0.3, 0.4) is 0 Å². The quantitative estimate of drug-likeness (QED) is 0.841. The molecule has 3 rings (SSSR count). The Labute approximate surface area is 112 Å². The van der Waals surface area contributed by atoms with Crippen LogP contribution in [-0.2, 0) is 0 Å². The van der Waals surface area contributed by atoms with Crippen LogP contribution >= 0.6 is 11.6 Å². The summed E-state index contributed by atoms with van der Waals surface area (Å²) in [5.41, 5.74) is 0.739. The SMILES string of the molecule is O=C(Nc1cccc(Cl)c1)N[C@H]1C[C@H]2CC[C@H]1C2. The summed E-state index contributed by atoms with van der Waals surface area (Å²) < 4.78 is 0. The first kappa shape index (κ1) is 11.8. The van der Waals surface area contributed by atoms with E-state index in [9.17, 15) is 4.79 Å². The number of rotatable bonds is 2. The average Bonchev–Trinajstić information content (AvgIpc) is 2.90. The number of hydrogen-bond acceptors (Lipinski definition) is 1. The maximum absolute atomic E-state index is 11.9. The van der Waals surface area contributed by atoms with Gasteiger partial charge in [0.1, 0.15) is 0 Å². The van der Waals surface area contributed by atoms with Gasteiger partial charge in [0.05, 0.1) is 0 Å². The molecule has 3 nitrogen and oxygen atoms in total. The molecule has 2 bridgehead atoms. The number of fused-ring (bicyclic) bond motifs is 2. The fraction of sp³-hybridized carbons (Fsp3) is 0.500. The van der Waals surface area contributed by atoms with Crippen LogP contribution in [0.2, 0.25) is 5.02 Å². The van der Waals surface area contributed by atoms with Gasteiger partial charge in [-0.1, -0.05) is 24.1 Å². The van der Waals surface area contributed by atoms with Crippen LogP contribution in [0.1, 0.15) is 25.7 Å². The molecule has 2 aliphatic rings. The maximum atomic E-state index is 11.9. The largest absolute Gasteiger partial charge is 0.335 e. The normalized spacial score (nSPS) is 29.3. The van der Waals surface area contributed by atoms with Crippen molar-refractivity contribution in [3.63, 3.8) is 0 Å². The van der Waals surface area contributed by atoms with Crippen LogP contribution in [0, 0.1) is 11.8 Å². The molecule has 0 unspecified atom stereocenters. The van der Waals surface area contributed by atoms with Gasteiger partial charge in [0.25, 0.3) is 0 Å². The minimum absolute atomic E-state index is 0.116. The van der Waals surface area contributed by atoms with E-state index in [2.05, 4.69) is 10.6 Å². The monoisotopic (exact) mass is 264 g/mol. The molecule has 2 fully saturated rings. The van der Waals surface area contributed by atoms with Crippen molar-refractivity contribution < 1.29 is 4.79 Å². The fourth-order valence-electron chi connectivity index (χ4n) is 3.32. The van der Waals surface area contributed by atoms with Crippen molar-refractivity contribution in [3.8, 4) is 0 Å². The number of carbonyl (C=O) groups excluding carboxylic acids is 1. The fourth-order valence-corrected chi connectivity index (χ4v) is 3.51. The number of nitrogens with one attached hydrogen (secondary N) is 2. The Morgan fingerprint density at radius 3 is 2.83 bits per heavy atom. The zero-order chi connectivity index (χ0) is 12.5. The highest BCUT2D eigenvalue weighted by Gasteiger charge is 2.40. The van der Waals surface area contributed by atoms with Crippen molar-refractivity contribution in [1.29, 1.82) is 0 Å². The summed E-state index contributed by atoms with van der Waals surface area (Å²) in [7, 11) is 0. The van der Waals surface area contributed by atoms with Gasteiger partial charge in [-0.25, -0.2) is 4.79 Å². The van der Waals surface area contributed by atoms with E-state index in [4.69, 9.17) is 11.6 Å². The molecule has 0 aliphatic heterocycles. The van der Waals surface area contributed by atoms with E-state index in [0.717, 1.165) is 18.0 Å². The van der Waals surface area contributed by atoms with Gasteiger partial charge in [0.15, 0.2) is 0 Å². The van der Waals surface area contributed by atoms with Crippen LogP contribution in [-0.4, -0.2) is 12.1 Å². The van der Waals surface area contributed by atoms with Gasteiger partial charge in [-0.05, 0) is 49.3 Å². The molecule has 0 aromatic heterocycles. The Hall–Kier alpha value is -1.22. The van der Waals surface area contributed by atoms with E-state index < -0.39 is 0 Å². The summed E-state index contributed by atoms with van der Waals surface area (Å²) in [6.45, 7) is 0. The standard InChI is InChI=1S/C14H17ClN2O/c15-11-2-1-3-12(8-11)16-14(18)17-13-7-9-4-5-10(13)6-9/h1-3,8-10,13H,4-7H2,(H2,16,17,18)/t9-,10-,13-/m0/s1. The van der Waals surface area contributed by atoms with Crippen molar-refractivity contribution in [2.24, 2.45) is 11.8 Å². The van der Waals surface area contributed by atoms with Crippen molar-refractivity contribution >= 4 is 23.3 Å². The lowest BCUT2D eigenvalue weighted by molar-refractivity contribution is 0.242. The van der Waals surface area contributed by atoms with Gasteiger partial charge in [-0.15, -0.1) is 0 Å². The molecule has 2 saturated carbocycles. The molecule has 96 valence electrons. The van der Waals surface area contributed by atoms with Crippen LogP contribution in [0.15, 0.2) is 24.3 Å². The van der Waals surface area contributed by atoms with Crippen LogP contribution < -0.4 is 10.6 Å². The molecule has 0 saturated heterocycles. The van der Waals surface area contributed by atoms with Crippen molar-refractivity contribution in [3.05, 3.63) is 29.3 Å². The average molecular weight is 265 g/mol. The zero-order valence-corrected chi connectivity index (χ0v) is 10.9. The van der Waals surface area contributed by atoms with Gasteiger partial charge in [-0.2, -0.15) is 0 Å². The predicted molar refractivity (Wildman–Crippen MR) is 72.8 cm³/mol. The first-order chi connectivity index (χ1) is 8.70. The number of carbonyl (C=O) groups is 1. The van der Waals surface area contributed by atoms with Crippen molar-refractivity contribution in [1.82, 2.24) is 5.32 Å². The van der Waals surface area contributed by atoms with Gasteiger partial charge >= 0.3 is 6.03 Å². The summed E-state index contributed by atoms with van der Waals surface area (Å²) in [6, 6.07) is 7.46. The van der Waals surface area contributed by atoms with E-state index in [-0.39, 0.29) is 6.03 Å². The second-order valence-corrected chi connectivity index (χ2v) is 5.83. The summed E-state index contributed by atoms with van der Waals surface area (Å²) in [5.74, 6) is 1.53. The second kappa shape index (κ2) is 4.81. The summed E-state index contributed by atoms with van der Waals surface area (Å²) in [4.78, 5) is 11.9. The van der Waals surface area contributed by atoms with E-state index in [1.54, 1.807) is 12.1 Å². The third kappa shape index (κ3) is 2.46. The molecule has 0 radical (unpaired) electrons. The van der Waals surface area contributed by atoms with E-state index >= 15 is 0 Å². The summed E-state index contributed by atoms with van der Waals surface area (Å²) in [6.07, 6.45) is 5.06. The first-order valence-electron chi connectivity index (χ1n) is 6.54. The number of benzene rings is 1. The molecule has 2 N–H and O–H groups in total. The smallest absolute Gasteiger partial charge is 0.319 e. The number of amides is 2. The van der Waals surface area contributed by atoms with Gasteiger partial charge in [-0.3, -0.25) is 0 Å². The van der Waals surface area contributed by atoms with Gasteiger partial charge in [0, 0.05) is 16.8 Å². The topological polar surface area (TPSA) is 41.1 Å². The minimum atomic E-state index is -0.116. The molecule has 18 heavy (non-hydrogen) atoms. The van der Waals surface area contributed by atoms with Gasteiger partial charge in [0.2, 0.25) is 0 Å². The predicted octanol–water partition coefficient (Wildman–Crippen LogP) is 3.65. The molecular weight excluding hydrogens is 248 g/mol. The lowest BCUT2D eigenvalue weighted by Gasteiger charge is -2.23. The van der Waals surface area contributed by atoms with Gasteiger partial charge < -0.3 is 10.6 Å². The second-order valence-electron chi connectivity index (χ2n) is 5.39. The Morgan fingerprint density at radius 2 is 2.17 bits per heavy atom. The Kier molecular flexibility index (Phi) is 3.16. The summed E-state index contributed by atoms with van der Waals surface area (Å²) >= 11 is 5.88. The molecule has 1 aromatic rings.